The van der Waals surface area contributed by atoms with E-state index in [-0.39, 0.29) is 0 Å². The second kappa shape index (κ2) is 7.90. The van der Waals surface area contributed by atoms with E-state index in [2.05, 4.69) is 13.2 Å². The summed E-state index contributed by atoms with van der Waals surface area (Å²) in [5, 5.41) is 1.01. The predicted octanol–water partition coefficient (Wildman–Crippen LogP) is 4.46. The molecule has 0 spiro atoms. The van der Waals surface area contributed by atoms with Gasteiger partial charge in [0, 0.05) is 10.1 Å². The largest absolute Gasteiger partial charge is 0.0976 e. The van der Waals surface area contributed by atoms with E-state index in [4.69, 9.17) is 23.2 Å². The Morgan fingerprint density at radius 3 is 1.73 bits per heavy atom. The van der Waals surface area contributed by atoms with Crippen LogP contribution >= 0.6 is 23.2 Å². The molecule has 0 unspecified atom stereocenters. The highest BCUT2D eigenvalue weighted by Crippen LogP contribution is 2.18. The van der Waals surface area contributed by atoms with Crippen LogP contribution in [0.1, 0.15) is 20.8 Å². The first kappa shape index (κ1) is 13.4. The molecule has 0 fully saturated rings. The summed E-state index contributed by atoms with van der Waals surface area (Å²) in [6.45, 7) is 12.8. The van der Waals surface area contributed by atoms with Gasteiger partial charge < -0.3 is 0 Å². The maximum absolute atomic E-state index is 5.63. The molecule has 0 rings (SSSR count). The molecule has 0 saturated carbocycles. The molecule has 2 heteroatoms. The summed E-state index contributed by atoms with van der Waals surface area (Å²) < 4.78 is 0. The van der Waals surface area contributed by atoms with Crippen molar-refractivity contribution in [3.8, 4) is 0 Å². The lowest BCUT2D eigenvalue weighted by Crippen LogP contribution is -1.75. The minimum Gasteiger partial charge on any atom is -0.0976 e. The summed E-state index contributed by atoms with van der Waals surface area (Å²) in [4.78, 5) is 0. The SMILES string of the molecule is C=C/C(Cl)=C(/C)C(=C)Cl.CC. The number of hydrogen-bond donors (Lipinski definition) is 0. The Kier molecular flexibility index (Phi) is 9.62. The van der Waals surface area contributed by atoms with Crippen molar-refractivity contribution in [1.29, 1.82) is 0 Å². The highest BCUT2D eigenvalue weighted by atomic mass is 35.5. The Bertz CT molecular complexity index is 166. The summed E-state index contributed by atoms with van der Waals surface area (Å²) in [6.07, 6.45) is 1.53. The highest BCUT2D eigenvalue weighted by Gasteiger charge is 1.95. The molecular weight excluding hydrogens is 179 g/mol. The number of rotatable bonds is 2. The Labute approximate surface area is 79.2 Å². The molecule has 0 aromatic carbocycles. The Morgan fingerprint density at radius 2 is 1.64 bits per heavy atom. The first-order valence-corrected chi connectivity index (χ1v) is 4.18. The molecular formula is C9H14Cl2. The van der Waals surface area contributed by atoms with E-state index in [9.17, 15) is 0 Å². The van der Waals surface area contributed by atoms with E-state index in [0.717, 1.165) is 5.57 Å². The van der Waals surface area contributed by atoms with Crippen LogP contribution in [-0.4, -0.2) is 0 Å². The van der Waals surface area contributed by atoms with Gasteiger partial charge in [-0.3, -0.25) is 0 Å². The lowest BCUT2D eigenvalue weighted by molar-refractivity contribution is 1.49. The number of halogens is 2. The average Bonchev–Trinajstić information content (AvgIpc) is 2.05. The Balaban J connectivity index is 0. The molecule has 0 bridgehead atoms. The number of hydrogen-bond acceptors (Lipinski definition) is 0. The molecule has 0 amide bonds. The minimum absolute atomic E-state index is 0.458. The van der Waals surface area contributed by atoms with Gasteiger partial charge in [0.15, 0.2) is 0 Å². The minimum atomic E-state index is 0.458. The standard InChI is InChI=1S/C7H8Cl2.C2H6/c1-4-7(9)5(2)6(3)8;1-2/h4H,1,3H2,2H3;1-2H3/b7-5+;. The van der Waals surface area contributed by atoms with Crippen molar-refractivity contribution >= 4 is 23.2 Å². The molecule has 11 heavy (non-hydrogen) atoms. The van der Waals surface area contributed by atoms with Crippen molar-refractivity contribution in [2.24, 2.45) is 0 Å². The van der Waals surface area contributed by atoms with Gasteiger partial charge in [-0.2, -0.15) is 0 Å². The molecule has 0 aromatic heterocycles. The zero-order valence-electron chi connectivity index (χ0n) is 7.25. The van der Waals surface area contributed by atoms with Gasteiger partial charge in [0.05, 0.1) is 0 Å². The highest BCUT2D eigenvalue weighted by molar-refractivity contribution is 6.36. The second-order valence-electron chi connectivity index (χ2n) is 1.58. The Hall–Kier alpha value is -0.200. The maximum atomic E-state index is 5.63. The normalized spacial score (nSPS) is 10.6. The topological polar surface area (TPSA) is 0 Å². The molecule has 0 aliphatic carbocycles. The second-order valence-corrected chi connectivity index (χ2v) is 2.45. The molecule has 0 aliphatic heterocycles. The third-order valence-corrected chi connectivity index (χ3v) is 1.67. The van der Waals surface area contributed by atoms with E-state index in [1.54, 1.807) is 6.92 Å². The van der Waals surface area contributed by atoms with Gasteiger partial charge >= 0.3 is 0 Å². The van der Waals surface area contributed by atoms with Gasteiger partial charge in [-0.15, -0.1) is 0 Å². The maximum Gasteiger partial charge on any atom is 0.0443 e. The van der Waals surface area contributed by atoms with E-state index < -0.39 is 0 Å². The molecule has 0 nitrogen and oxygen atoms in total. The molecule has 0 heterocycles. The van der Waals surface area contributed by atoms with Crippen molar-refractivity contribution in [2.45, 2.75) is 20.8 Å². The van der Waals surface area contributed by atoms with Crippen molar-refractivity contribution in [3.63, 3.8) is 0 Å². The smallest absolute Gasteiger partial charge is 0.0443 e. The van der Waals surface area contributed by atoms with Crippen LogP contribution in [0.4, 0.5) is 0 Å². The van der Waals surface area contributed by atoms with Crippen LogP contribution in [0, 0.1) is 0 Å². The molecule has 0 aromatic rings. The zero-order valence-corrected chi connectivity index (χ0v) is 8.76. The van der Waals surface area contributed by atoms with Crippen LogP contribution in [0.5, 0.6) is 0 Å². The summed E-state index contributed by atoms with van der Waals surface area (Å²) in [7, 11) is 0. The van der Waals surface area contributed by atoms with E-state index in [0.29, 0.717) is 10.1 Å². The number of allylic oxidation sites excluding steroid dienone is 4. The van der Waals surface area contributed by atoms with E-state index >= 15 is 0 Å². The van der Waals surface area contributed by atoms with E-state index in [1.165, 1.54) is 6.08 Å². The Morgan fingerprint density at radius 1 is 1.27 bits per heavy atom. The average molecular weight is 193 g/mol. The van der Waals surface area contributed by atoms with Crippen LogP contribution in [0.2, 0.25) is 0 Å². The van der Waals surface area contributed by atoms with Crippen molar-refractivity contribution < 1.29 is 0 Å². The molecule has 0 aliphatic rings. The molecule has 0 saturated heterocycles. The summed E-state index contributed by atoms with van der Waals surface area (Å²) in [5.74, 6) is 0. The molecule has 0 radical (unpaired) electrons. The zero-order chi connectivity index (χ0) is 9.44. The van der Waals surface area contributed by atoms with Crippen LogP contribution in [-0.2, 0) is 0 Å². The lowest BCUT2D eigenvalue weighted by atomic mass is 10.3. The fourth-order valence-corrected chi connectivity index (χ4v) is 0.547. The first-order chi connectivity index (χ1) is 5.09. The van der Waals surface area contributed by atoms with Gasteiger partial charge in [-0.1, -0.05) is 56.3 Å². The lowest BCUT2D eigenvalue weighted by Gasteiger charge is -1.96. The monoisotopic (exact) mass is 192 g/mol. The van der Waals surface area contributed by atoms with Crippen LogP contribution in [0.25, 0.3) is 0 Å². The van der Waals surface area contributed by atoms with Crippen molar-refractivity contribution in [2.75, 3.05) is 0 Å². The van der Waals surface area contributed by atoms with E-state index in [1.807, 2.05) is 13.8 Å². The van der Waals surface area contributed by atoms with Gasteiger partial charge in [-0.25, -0.2) is 0 Å². The third-order valence-electron chi connectivity index (χ3n) is 0.944. The molecule has 0 N–H and O–H groups in total. The first-order valence-electron chi connectivity index (χ1n) is 3.43. The fraction of sp³-hybridized carbons (Fsp3) is 0.333. The quantitative estimate of drug-likeness (QED) is 0.567. The van der Waals surface area contributed by atoms with Crippen LogP contribution < -0.4 is 0 Å². The molecule has 0 atom stereocenters. The van der Waals surface area contributed by atoms with Crippen LogP contribution in [0.3, 0.4) is 0 Å². The summed E-state index contributed by atoms with van der Waals surface area (Å²) in [6, 6.07) is 0. The van der Waals surface area contributed by atoms with Crippen molar-refractivity contribution in [3.05, 3.63) is 34.9 Å². The third kappa shape index (κ3) is 6.21. The summed E-state index contributed by atoms with van der Waals surface area (Å²) >= 11 is 11.1. The predicted molar refractivity (Wildman–Crippen MR) is 55.1 cm³/mol. The van der Waals surface area contributed by atoms with Crippen LogP contribution in [0.15, 0.2) is 34.9 Å². The van der Waals surface area contributed by atoms with Gasteiger partial charge in [0.1, 0.15) is 0 Å². The molecule has 64 valence electrons. The van der Waals surface area contributed by atoms with Gasteiger partial charge in [-0.05, 0) is 12.5 Å². The summed E-state index contributed by atoms with van der Waals surface area (Å²) in [5.41, 5.74) is 0.772. The fourth-order valence-electron chi connectivity index (χ4n) is 0.283. The van der Waals surface area contributed by atoms with Crippen molar-refractivity contribution in [1.82, 2.24) is 0 Å². The van der Waals surface area contributed by atoms with Gasteiger partial charge in [0.25, 0.3) is 0 Å². The van der Waals surface area contributed by atoms with Gasteiger partial charge in [0.2, 0.25) is 0 Å².